The number of ether oxygens (including phenoxy) is 2. The van der Waals surface area contributed by atoms with E-state index in [1.54, 1.807) is 0 Å². The number of hydrogen-bond acceptors (Lipinski definition) is 4. The Labute approximate surface area is 109 Å². The van der Waals surface area contributed by atoms with Gasteiger partial charge in [0, 0.05) is 12.6 Å². The van der Waals surface area contributed by atoms with Crippen LogP contribution in [0.15, 0.2) is 12.7 Å². The van der Waals surface area contributed by atoms with E-state index in [9.17, 15) is 4.79 Å². The summed E-state index contributed by atoms with van der Waals surface area (Å²) in [5, 5.41) is 6.15. The third-order valence-electron chi connectivity index (χ3n) is 2.90. The van der Waals surface area contributed by atoms with Crippen LogP contribution in [0.3, 0.4) is 0 Å². The molecule has 0 aromatic carbocycles. The molecule has 1 heterocycles. The van der Waals surface area contributed by atoms with Gasteiger partial charge in [-0.25, -0.2) is 0 Å². The summed E-state index contributed by atoms with van der Waals surface area (Å²) in [6.07, 6.45) is 2.66. The van der Waals surface area contributed by atoms with Crippen LogP contribution in [0, 0.1) is 5.92 Å². The van der Waals surface area contributed by atoms with Crippen LogP contribution in [0.5, 0.6) is 0 Å². The van der Waals surface area contributed by atoms with Crippen molar-refractivity contribution in [2.75, 3.05) is 39.5 Å². The average molecular weight is 256 g/mol. The van der Waals surface area contributed by atoms with Crippen molar-refractivity contribution in [3.63, 3.8) is 0 Å². The topological polar surface area (TPSA) is 59.6 Å². The molecule has 1 aliphatic rings. The minimum absolute atomic E-state index is 0.0470. The molecule has 1 aliphatic heterocycles. The summed E-state index contributed by atoms with van der Waals surface area (Å²) in [5.74, 6) is -0.0381. The smallest absolute Gasteiger partial charge is 0.227 e. The fraction of sp³-hybridized carbons (Fsp3) is 0.769. The Kier molecular flexibility index (Phi) is 7.64. The number of rotatable bonds is 9. The predicted molar refractivity (Wildman–Crippen MR) is 70.4 cm³/mol. The third-order valence-corrected chi connectivity index (χ3v) is 2.90. The number of carbonyl (C=O) groups excluding carboxylic acids is 1. The van der Waals surface area contributed by atoms with E-state index in [2.05, 4.69) is 17.2 Å². The first-order valence-electron chi connectivity index (χ1n) is 6.57. The minimum atomic E-state index is -0.0851. The van der Waals surface area contributed by atoms with E-state index in [0.29, 0.717) is 33.0 Å². The molecule has 0 aromatic rings. The molecule has 18 heavy (non-hydrogen) atoms. The highest BCUT2D eigenvalue weighted by Gasteiger charge is 2.32. The fourth-order valence-electron chi connectivity index (χ4n) is 1.92. The minimum Gasteiger partial charge on any atom is -0.379 e. The second-order valence-corrected chi connectivity index (χ2v) is 4.29. The zero-order valence-corrected chi connectivity index (χ0v) is 11.1. The Bertz CT molecular complexity index is 259. The maximum Gasteiger partial charge on any atom is 0.227 e. The molecule has 2 unspecified atom stereocenters. The van der Waals surface area contributed by atoms with E-state index in [4.69, 9.17) is 9.47 Å². The molecule has 104 valence electrons. The first kappa shape index (κ1) is 15.1. The molecular weight excluding hydrogens is 232 g/mol. The van der Waals surface area contributed by atoms with Gasteiger partial charge in [-0.15, -0.1) is 6.58 Å². The van der Waals surface area contributed by atoms with Crippen molar-refractivity contribution >= 4 is 5.91 Å². The Balaban J connectivity index is 2.13. The van der Waals surface area contributed by atoms with Crippen molar-refractivity contribution in [3.8, 4) is 0 Å². The van der Waals surface area contributed by atoms with Crippen LogP contribution in [-0.2, 0) is 14.3 Å². The van der Waals surface area contributed by atoms with Crippen LogP contribution in [0.1, 0.15) is 13.3 Å². The summed E-state index contributed by atoms with van der Waals surface area (Å²) < 4.78 is 10.7. The maximum absolute atomic E-state index is 11.9. The lowest BCUT2D eigenvalue weighted by molar-refractivity contribution is -0.125. The standard InChI is InChI=1S/C13H24N2O3/c1-3-5-7-17-8-6-15-13(16)11-9-18-10-12(11)14-4-2/h3,11-12,14H,1,4-10H2,2H3,(H,15,16). The zero-order chi connectivity index (χ0) is 13.2. The van der Waals surface area contributed by atoms with Crippen LogP contribution in [0.2, 0.25) is 0 Å². The second kappa shape index (κ2) is 9.08. The van der Waals surface area contributed by atoms with Crippen molar-refractivity contribution in [1.29, 1.82) is 0 Å². The van der Waals surface area contributed by atoms with E-state index in [0.717, 1.165) is 13.0 Å². The van der Waals surface area contributed by atoms with Crippen LogP contribution >= 0.6 is 0 Å². The average Bonchev–Trinajstić information content (AvgIpc) is 2.82. The van der Waals surface area contributed by atoms with Crippen molar-refractivity contribution in [3.05, 3.63) is 12.7 Å². The van der Waals surface area contributed by atoms with E-state index in [-0.39, 0.29) is 17.9 Å². The van der Waals surface area contributed by atoms with Gasteiger partial charge in [0.1, 0.15) is 0 Å². The molecule has 1 amide bonds. The predicted octanol–water partition coefficient (Wildman–Crippen LogP) is 0.320. The van der Waals surface area contributed by atoms with Crippen molar-refractivity contribution in [2.24, 2.45) is 5.92 Å². The lowest BCUT2D eigenvalue weighted by Crippen LogP contribution is -2.44. The molecule has 0 spiro atoms. The van der Waals surface area contributed by atoms with Crippen LogP contribution in [-0.4, -0.2) is 51.5 Å². The van der Waals surface area contributed by atoms with Crippen molar-refractivity contribution in [1.82, 2.24) is 10.6 Å². The van der Waals surface area contributed by atoms with E-state index >= 15 is 0 Å². The molecule has 0 radical (unpaired) electrons. The first-order valence-corrected chi connectivity index (χ1v) is 6.57. The lowest BCUT2D eigenvalue weighted by atomic mass is 10.0. The first-order chi connectivity index (χ1) is 8.79. The van der Waals surface area contributed by atoms with Gasteiger partial charge in [-0.2, -0.15) is 0 Å². The quantitative estimate of drug-likeness (QED) is 0.461. The molecule has 0 aromatic heterocycles. The van der Waals surface area contributed by atoms with Crippen LogP contribution < -0.4 is 10.6 Å². The summed E-state index contributed by atoms with van der Waals surface area (Å²) in [6.45, 7) is 9.35. The SMILES string of the molecule is C=CCCOCCNC(=O)C1COCC1NCC. The van der Waals surface area contributed by atoms with Crippen molar-refractivity contribution < 1.29 is 14.3 Å². The lowest BCUT2D eigenvalue weighted by Gasteiger charge is -2.17. The van der Waals surface area contributed by atoms with Crippen LogP contribution in [0.25, 0.3) is 0 Å². The number of nitrogens with one attached hydrogen (secondary N) is 2. The second-order valence-electron chi connectivity index (χ2n) is 4.29. The highest BCUT2D eigenvalue weighted by molar-refractivity contribution is 5.79. The van der Waals surface area contributed by atoms with Crippen LogP contribution in [0.4, 0.5) is 0 Å². The third kappa shape index (κ3) is 5.16. The normalized spacial score (nSPS) is 22.9. The summed E-state index contributed by atoms with van der Waals surface area (Å²) in [6, 6.07) is 0.136. The van der Waals surface area contributed by atoms with Gasteiger partial charge in [-0.05, 0) is 13.0 Å². The van der Waals surface area contributed by atoms with E-state index < -0.39 is 0 Å². The molecule has 5 nitrogen and oxygen atoms in total. The Morgan fingerprint density at radius 2 is 2.33 bits per heavy atom. The Morgan fingerprint density at radius 3 is 3.06 bits per heavy atom. The van der Waals surface area contributed by atoms with Crippen molar-refractivity contribution in [2.45, 2.75) is 19.4 Å². The van der Waals surface area contributed by atoms with Gasteiger partial charge in [-0.1, -0.05) is 13.0 Å². The fourth-order valence-corrected chi connectivity index (χ4v) is 1.92. The maximum atomic E-state index is 11.9. The highest BCUT2D eigenvalue weighted by Crippen LogP contribution is 2.13. The number of amides is 1. The molecule has 1 rings (SSSR count). The monoisotopic (exact) mass is 256 g/mol. The Morgan fingerprint density at radius 1 is 1.50 bits per heavy atom. The summed E-state index contributed by atoms with van der Waals surface area (Å²) in [5.41, 5.74) is 0. The summed E-state index contributed by atoms with van der Waals surface area (Å²) in [7, 11) is 0. The number of carbonyl (C=O) groups is 1. The molecule has 0 aliphatic carbocycles. The molecule has 2 N–H and O–H groups in total. The zero-order valence-electron chi connectivity index (χ0n) is 11.1. The molecule has 5 heteroatoms. The van der Waals surface area contributed by atoms with Gasteiger partial charge in [0.15, 0.2) is 0 Å². The molecule has 1 fully saturated rings. The van der Waals surface area contributed by atoms with Gasteiger partial charge in [-0.3, -0.25) is 4.79 Å². The Hall–Kier alpha value is -0.910. The molecule has 2 atom stereocenters. The van der Waals surface area contributed by atoms with E-state index in [1.165, 1.54) is 0 Å². The van der Waals surface area contributed by atoms with Gasteiger partial charge in [0.25, 0.3) is 0 Å². The number of likely N-dealkylation sites (N-methyl/N-ethyl adjacent to an activating group) is 1. The van der Waals surface area contributed by atoms with E-state index in [1.807, 2.05) is 13.0 Å². The molecule has 1 saturated heterocycles. The summed E-state index contributed by atoms with van der Waals surface area (Å²) >= 11 is 0. The molecular formula is C13H24N2O3. The molecule has 0 saturated carbocycles. The van der Waals surface area contributed by atoms with Gasteiger partial charge >= 0.3 is 0 Å². The van der Waals surface area contributed by atoms with Gasteiger partial charge in [0.2, 0.25) is 5.91 Å². The highest BCUT2D eigenvalue weighted by atomic mass is 16.5. The largest absolute Gasteiger partial charge is 0.379 e. The number of hydrogen-bond donors (Lipinski definition) is 2. The molecule has 0 bridgehead atoms. The summed E-state index contributed by atoms with van der Waals surface area (Å²) in [4.78, 5) is 11.9. The van der Waals surface area contributed by atoms with Gasteiger partial charge in [0.05, 0.1) is 32.3 Å². The van der Waals surface area contributed by atoms with Gasteiger partial charge < -0.3 is 20.1 Å².